The van der Waals surface area contributed by atoms with Crippen LogP contribution in [0.25, 0.3) is 11.4 Å². The van der Waals surface area contributed by atoms with E-state index in [2.05, 4.69) is 19.7 Å². The Labute approximate surface area is 163 Å². The van der Waals surface area contributed by atoms with Crippen LogP contribution in [0.4, 0.5) is 35.1 Å². The second kappa shape index (κ2) is 7.88. The van der Waals surface area contributed by atoms with Gasteiger partial charge in [-0.15, -0.1) is 0 Å². The molecule has 1 aromatic carbocycles. The second-order valence-electron chi connectivity index (χ2n) is 5.86. The maximum absolute atomic E-state index is 13.1. The fourth-order valence-electron chi connectivity index (χ4n) is 2.45. The zero-order chi connectivity index (χ0) is 22.1. The van der Waals surface area contributed by atoms with E-state index in [1.54, 1.807) is 0 Å². The Morgan fingerprint density at radius 3 is 2.00 bits per heavy atom. The van der Waals surface area contributed by atoms with Gasteiger partial charge in [0.15, 0.2) is 11.4 Å². The Kier molecular flexibility index (Phi) is 5.63. The van der Waals surface area contributed by atoms with Gasteiger partial charge in [-0.2, -0.15) is 35.1 Å². The molecule has 0 fully saturated rings. The Morgan fingerprint density at radius 1 is 0.900 bits per heavy atom. The van der Waals surface area contributed by atoms with Gasteiger partial charge in [-0.25, -0.2) is 15.0 Å². The summed E-state index contributed by atoms with van der Waals surface area (Å²) in [5.41, 5.74) is -2.25. The quantitative estimate of drug-likeness (QED) is 0.525. The standard InChI is InChI=1S/C17H10F8N4O/c18-15(19)30-11-5-26-13(27-6-11)8-29-7-12(17(23,24)25)28-14(29)9-1-3-10(4-2-9)16(20,21)22/h1-7,15H,8H2. The summed E-state index contributed by atoms with van der Waals surface area (Å²) in [7, 11) is 0. The number of hydrogen-bond acceptors (Lipinski definition) is 4. The molecule has 13 heteroatoms. The largest absolute Gasteiger partial charge is 0.434 e. The van der Waals surface area contributed by atoms with Crippen molar-refractivity contribution in [3.8, 4) is 17.1 Å². The molecule has 0 unspecified atom stereocenters. The first-order valence-electron chi connectivity index (χ1n) is 8.01. The third-order valence-corrected chi connectivity index (χ3v) is 3.76. The normalized spacial score (nSPS) is 12.4. The molecule has 0 amide bonds. The molecule has 160 valence electrons. The molecule has 0 radical (unpaired) electrons. The van der Waals surface area contributed by atoms with Crippen molar-refractivity contribution >= 4 is 0 Å². The van der Waals surface area contributed by atoms with E-state index in [0.29, 0.717) is 18.3 Å². The van der Waals surface area contributed by atoms with E-state index in [0.717, 1.165) is 29.1 Å². The highest BCUT2D eigenvalue weighted by atomic mass is 19.4. The number of hydrogen-bond donors (Lipinski definition) is 0. The van der Waals surface area contributed by atoms with Gasteiger partial charge in [0.25, 0.3) is 0 Å². The maximum Gasteiger partial charge on any atom is 0.434 e. The van der Waals surface area contributed by atoms with Crippen molar-refractivity contribution in [3.63, 3.8) is 0 Å². The van der Waals surface area contributed by atoms with Crippen molar-refractivity contribution in [1.29, 1.82) is 0 Å². The molecule has 2 heterocycles. The Balaban J connectivity index is 1.94. The summed E-state index contributed by atoms with van der Waals surface area (Å²) >= 11 is 0. The highest BCUT2D eigenvalue weighted by molar-refractivity contribution is 5.57. The van der Waals surface area contributed by atoms with Gasteiger partial charge in [0.2, 0.25) is 0 Å². The van der Waals surface area contributed by atoms with E-state index in [1.807, 2.05) is 0 Å². The monoisotopic (exact) mass is 438 g/mol. The summed E-state index contributed by atoms with van der Waals surface area (Å²) in [4.78, 5) is 10.9. The number of imidazole rings is 1. The van der Waals surface area contributed by atoms with Gasteiger partial charge in [-0.3, -0.25) is 0 Å². The van der Waals surface area contributed by atoms with Crippen molar-refractivity contribution in [3.05, 3.63) is 59.9 Å². The van der Waals surface area contributed by atoms with Crippen molar-refractivity contribution in [2.45, 2.75) is 25.5 Å². The molecule has 3 aromatic rings. The Bertz CT molecular complexity index is 995. The average molecular weight is 438 g/mol. The predicted molar refractivity (Wildman–Crippen MR) is 85.4 cm³/mol. The molecule has 0 atom stereocenters. The number of rotatable bonds is 5. The molecular weight excluding hydrogens is 428 g/mol. The predicted octanol–water partition coefficient (Wildman–Crippen LogP) is 5.03. The topological polar surface area (TPSA) is 52.8 Å². The first kappa shape index (κ1) is 21.5. The first-order chi connectivity index (χ1) is 13.9. The number of nitrogens with zero attached hydrogens (tertiary/aromatic N) is 4. The van der Waals surface area contributed by atoms with Gasteiger partial charge in [-0.05, 0) is 12.1 Å². The minimum atomic E-state index is -4.80. The minimum absolute atomic E-state index is 0.00356. The molecule has 5 nitrogen and oxygen atoms in total. The van der Waals surface area contributed by atoms with E-state index >= 15 is 0 Å². The van der Waals surface area contributed by atoms with Gasteiger partial charge in [0.05, 0.1) is 24.5 Å². The molecule has 3 rings (SSSR count). The molecule has 0 spiro atoms. The molecule has 0 saturated carbocycles. The lowest BCUT2D eigenvalue weighted by Crippen LogP contribution is -2.08. The number of aromatic nitrogens is 4. The summed E-state index contributed by atoms with van der Waals surface area (Å²) in [5.74, 6) is -0.679. The smallest absolute Gasteiger partial charge is 0.432 e. The fraction of sp³-hybridized carbons (Fsp3) is 0.235. The van der Waals surface area contributed by atoms with Crippen LogP contribution in [0.3, 0.4) is 0 Å². The molecule has 0 bridgehead atoms. The van der Waals surface area contributed by atoms with Gasteiger partial charge in [0, 0.05) is 11.8 Å². The van der Waals surface area contributed by atoms with E-state index in [9.17, 15) is 35.1 Å². The molecule has 0 saturated heterocycles. The molecule has 30 heavy (non-hydrogen) atoms. The zero-order valence-corrected chi connectivity index (χ0v) is 14.5. The Hall–Kier alpha value is -3.25. The molecular formula is C17H10F8N4O. The van der Waals surface area contributed by atoms with Crippen LogP contribution >= 0.6 is 0 Å². The summed E-state index contributed by atoms with van der Waals surface area (Å²) in [6.45, 7) is -3.46. The molecule has 0 aliphatic heterocycles. The van der Waals surface area contributed by atoms with Crippen molar-refractivity contribution < 1.29 is 39.9 Å². The maximum atomic E-state index is 13.1. The summed E-state index contributed by atoms with van der Waals surface area (Å²) in [5, 5.41) is 0. The summed E-state index contributed by atoms with van der Waals surface area (Å²) < 4.78 is 107. The first-order valence-corrected chi connectivity index (χ1v) is 8.01. The molecule has 0 aliphatic carbocycles. The SMILES string of the molecule is FC(F)Oc1cnc(Cn2cc(C(F)(F)F)nc2-c2ccc(C(F)(F)F)cc2)nc1. The number of ether oxygens (including phenoxy) is 1. The summed E-state index contributed by atoms with van der Waals surface area (Å²) in [6.07, 6.45) is -6.94. The molecule has 0 N–H and O–H groups in total. The highest BCUT2D eigenvalue weighted by Gasteiger charge is 2.35. The van der Waals surface area contributed by atoms with Crippen LogP contribution in [0.1, 0.15) is 17.1 Å². The van der Waals surface area contributed by atoms with Crippen molar-refractivity contribution in [2.75, 3.05) is 0 Å². The third kappa shape index (κ3) is 5.02. The van der Waals surface area contributed by atoms with E-state index < -0.39 is 30.2 Å². The van der Waals surface area contributed by atoms with Crippen LogP contribution in [0, 0.1) is 0 Å². The number of benzene rings is 1. The molecule has 2 aromatic heterocycles. The van der Waals surface area contributed by atoms with Crippen LogP contribution in [0.5, 0.6) is 5.75 Å². The lowest BCUT2D eigenvalue weighted by atomic mass is 10.1. The highest BCUT2D eigenvalue weighted by Crippen LogP contribution is 2.33. The molecule has 0 aliphatic rings. The van der Waals surface area contributed by atoms with Crippen LogP contribution in [0.2, 0.25) is 0 Å². The van der Waals surface area contributed by atoms with Gasteiger partial charge >= 0.3 is 19.0 Å². The van der Waals surface area contributed by atoms with E-state index in [-0.39, 0.29) is 29.5 Å². The second-order valence-corrected chi connectivity index (χ2v) is 5.86. The van der Waals surface area contributed by atoms with Crippen LogP contribution in [-0.4, -0.2) is 26.1 Å². The third-order valence-electron chi connectivity index (χ3n) is 3.76. The van der Waals surface area contributed by atoms with Crippen LogP contribution in [-0.2, 0) is 18.9 Å². The van der Waals surface area contributed by atoms with E-state index in [1.165, 1.54) is 0 Å². The van der Waals surface area contributed by atoms with Crippen molar-refractivity contribution in [1.82, 2.24) is 19.5 Å². The van der Waals surface area contributed by atoms with Gasteiger partial charge in [-0.1, -0.05) is 12.1 Å². The van der Waals surface area contributed by atoms with E-state index in [4.69, 9.17) is 0 Å². The zero-order valence-electron chi connectivity index (χ0n) is 14.5. The fourth-order valence-corrected chi connectivity index (χ4v) is 2.45. The minimum Gasteiger partial charge on any atom is -0.432 e. The van der Waals surface area contributed by atoms with Crippen LogP contribution in [0.15, 0.2) is 42.9 Å². The van der Waals surface area contributed by atoms with Crippen LogP contribution < -0.4 is 4.74 Å². The Morgan fingerprint density at radius 2 is 1.50 bits per heavy atom. The lowest BCUT2D eigenvalue weighted by Gasteiger charge is -2.10. The average Bonchev–Trinajstić information content (AvgIpc) is 3.06. The lowest BCUT2D eigenvalue weighted by molar-refractivity contribution is -0.141. The summed E-state index contributed by atoms with van der Waals surface area (Å²) in [6, 6.07) is 3.41. The van der Waals surface area contributed by atoms with Crippen molar-refractivity contribution in [2.24, 2.45) is 0 Å². The number of halogens is 8. The van der Waals surface area contributed by atoms with Gasteiger partial charge < -0.3 is 9.30 Å². The number of alkyl halides is 8. The van der Waals surface area contributed by atoms with Gasteiger partial charge in [0.1, 0.15) is 11.6 Å².